The summed E-state index contributed by atoms with van der Waals surface area (Å²) in [5.41, 5.74) is 0.822. The SMILES string of the molecule is CSc1nc(C)c(I)c(O)n1. The van der Waals surface area contributed by atoms with Gasteiger partial charge < -0.3 is 5.11 Å². The molecule has 1 rings (SSSR count). The molecule has 0 aliphatic heterocycles. The minimum Gasteiger partial charge on any atom is -0.492 e. The lowest BCUT2D eigenvalue weighted by atomic mass is 10.4. The third kappa shape index (κ3) is 1.96. The Hall–Kier alpha value is -0.0400. The van der Waals surface area contributed by atoms with Gasteiger partial charge in [-0.3, -0.25) is 0 Å². The Morgan fingerprint density at radius 3 is 2.55 bits per heavy atom. The van der Waals surface area contributed by atoms with E-state index in [2.05, 4.69) is 9.97 Å². The fourth-order valence-electron chi connectivity index (χ4n) is 0.610. The Balaban J connectivity index is 3.21. The number of halogens is 1. The number of aromatic hydroxyl groups is 1. The molecule has 0 amide bonds. The summed E-state index contributed by atoms with van der Waals surface area (Å²) >= 11 is 3.44. The normalized spacial score (nSPS) is 10.1. The first kappa shape index (κ1) is 9.05. The maximum atomic E-state index is 9.24. The molecule has 0 aliphatic carbocycles. The molecule has 0 fully saturated rings. The highest BCUT2D eigenvalue weighted by Crippen LogP contribution is 2.21. The molecular formula is C6H7IN2OS. The van der Waals surface area contributed by atoms with Crippen LogP contribution in [0, 0.1) is 10.5 Å². The van der Waals surface area contributed by atoms with Crippen molar-refractivity contribution in [2.45, 2.75) is 12.1 Å². The molecule has 1 N–H and O–H groups in total. The van der Waals surface area contributed by atoms with Crippen molar-refractivity contribution in [3.8, 4) is 5.88 Å². The molecule has 11 heavy (non-hydrogen) atoms. The largest absolute Gasteiger partial charge is 0.492 e. The summed E-state index contributed by atoms with van der Waals surface area (Å²) in [6.07, 6.45) is 1.88. The maximum absolute atomic E-state index is 9.24. The van der Waals surface area contributed by atoms with Gasteiger partial charge in [0.05, 0.1) is 9.26 Å². The zero-order chi connectivity index (χ0) is 8.43. The van der Waals surface area contributed by atoms with E-state index in [4.69, 9.17) is 0 Å². The molecule has 0 radical (unpaired) electrons. The lowest BCUT2D eigenvalue weighted by molar-refractivity contribution is 0.440. The van der Waals surface area contributed by atoms with Crippen molar-refractivity contribution in [2.24, 2.45) is 0 Å². The fourth-order valence-corrected chi connectivity index (χ4v) is 1.26. The Labute approximate surface area is 82.8 Å². The number of rotatable bonds is 1. The van der Waals surface area contributed by atoms with Crippen molar-refractivity contribution in [2.75, 3.05) is 6.26 Å². The quantitative estimate of drug-likeness (QED) is 0.485. The number of hydrogen-bond acceptors (Lipinski definition) is 4. The van der Waals surface area contributed by atoms with Crippen LogP contribution >= 0.6 is 34.4 Å². The van der Waals surface area contributed by atoms with Crippen LogP contribution in [0.1, 0.15) is 5.69 Å². The van der Waals surface area contributed by atoms with Crippen LogP contribution in [0.4, 0.5) is 0 Å². The molecule has 0 unspecified atom stereocenters. The third-order valence-electron chi connectivity index (χ3n) is 1.16. The van der Waals surface area contributed by atoms with Crippen LogP contribution in [-0.2, 0) is 0 Å². The van der Waals surface area contributed by atoms with E-state index >= 15 is 0 Å². The van der Waals surface area contributed by atoms with Gasteiger partial charge in [0.2, 0.25) is 5.88 Å². The van der Waals surface area contributed by atoms with Crippen LogP contribution in [0.25, 0.3) is 0 Å². The maximum Gasteiger partial charge on any atom is 0.228 e. The monoisotopic (exact) mass is 282 g/mol. The molecule has 3 nitrogen and oxygen atoms in total. The van der Waals surface area contributed by atoms with Gasteiger partial charge in [-0.15, -0.1) is 0 Å². The molecule has 0 spiro atoms. The van der Waals surface area contributed by atoms with Crippen molar-refractivity contribution in [1.29, 1.82) is 0 Å². The second kappa shape index (κ2) is 3.57. The average Bonchev–Trinajstić information content (AvgIpc) is 1.99. The predicted molar refractivity (Wildman–Crippen MR) is 52.9 cm³/mol. The zero-order valence-electron chi connectivity index (χ0n) is 6.13. The van der Waals surface area contributed by atoms with Crippen molar-refractivity contribution < 1.29 is 5.11 Å². The van der Waals surface area contributed by atoms with Gasteiger partial charge in [-0.2, -0.15) is 4.98 Å². The fraction of sp³-hybridized carbons (Fsp3) is 0.333. The van der Waals surface area contributed by atoms with Crippen molar-refractivity contribution in [1.82, 2.24) is 9.97 Å². The number of aromatic nitrogens is 2. The first-order valence-electron chi connectivity index (χ1n) is 2.92. The lowest BCUT2D eigenvalue weighted by Gasteiger charge is -2.01. The van der Waals surface area contributed by atoms with Crippen molar-refractivity contribution in [3.05, 3.63) is 9.26 Å². The van der Waals surface area contributed by atoms with Gasteiger partial charge in [-0.05, 0) is 35.8 Å². The molecule has 0 aromatic carbocycles. The highest BCUT2D eigenvalue weighted by molar-refractivity contribution is 14.1. The van der Waals surface area contributed by atoms with Crippen LogP contribution in [-0.4, -0.2) is 21.3 Å². The summed E-state index contributed by atoms with van der Waals surface area (Å²) in [5.74, 6) is 0.0717. The third-order valence-corrected chi connectivity index (χ3v) is 2.97. The van der Waals surface area contributed by atoms with Crippen LogP contribution in [0.2, 0.25) is 0 Å². The number of hydrogen-bond donors (Lipinski definition) is 1. The molecule has 1 heterocycles. The first-order valence-corrected chi connectivity index (χ1v) is 5.22. The second-order valence-electron chi connectivity index (χ2n) is 1.93. The zero-order valence-corrected chi connectivity index (χ0v) is 9.10. The minimum atomic E-state index is 0.0717. The van der Waals surface area contributed by atoms with E-state index < -0.39 is 0 Å². The van der Waals surface area contributed by atoms with Crippen molar-refractivity contribution >= 4 is 34.4 Å². The number of nitrogens with zero attached hydrogens (tertiary/aromatic N) is 2. The summed E-state index contributed by atoms with van der Waals surface area (Å²) in [4.78, 5) is 7.99. The molecule has 60 valence electrons. The first-order chi connectivity index (χ1) is 5.15. The highest BCUT2D eigenvalue weighted by Gasteiger charge is 2.06. The molecule has 0 aliphatic rings. The standard InChI is InChI=1S/C6H7IN2OS/c1-3-4(7)5(10)9-6(8-3)11-2/h1-2H3,(H,8,9,10). The molecular weight excluding hydrogens is 275 g/mol. The van der Waals surface area contributed by atoms with Crippen LogP contribution in [0.3, 0.4) is 0 Å². The van der Waals surface area contributed by atoms with E-state index in [-0.39, 0.29) is 5.88 Å². The van der Waals surface area contributed by atoms with E-state index in [0.717, 1.165) is 9.26 Å². The van der Waals surface area contributed by atoms with Gasteiger partial charge in [-0.1, -0.05) is 11.8 Å². The molecule has 0 saturated carbocycles. The summed E-state index contributed by atoms with van der Waals surface area (Å²) in [5, 5.41) is 9.85. The van der Waals surface area contributed by atoms with E-state index in [0.29, 0.717) is 5.16 Å². The highest BCUT2D eigenvalue weighted by atomic mass is 127. The molecule has 0 atom stereocenters. The van der Waals surface area contributed by atoms with Crippen LogP contribution in [0.5, 0.6) is 5.88 Å². The summed E-state index contributed by atoms with van der Waals surface area (Å²) in [6, 6.07) is 0. The summed E-state index contributed by atoms with van der Waals surface area (Å²) in [7, 11) is 0. The van der Waals surface area contributed by atoms with Gasteiger partial charge in [-0.25, -0.2) is 4.98 Å². The van der Waals surface area contributed by atoms with Gasteiger partial charge in [0.25, 0.3) is 0 Å². The summed E-state index contributed by atoms with van der Waals surface area (Å²) < 4.78 is 0.723. The van der Waals surface area contributed by atoms with Gasteiger partial charge in [0, 0.05) is 0 Å². The van der Waals surface area contributed by atoms with E-state index in [9.17, 15) is 5.11 Å². The predicted octanol–water partition coefficient (Wildman–Crippen LogP) is 1.82. The molecule has 5 heteroatoms. The Morgan fingerprint density at radius 2 is 2.09 bits per heavy atom. The molecule has 1 aromatic heterocycles. The number of aryl methyl sites for hydroxylation is 1. The Bertz CT molecular complexity index is 256. The lowest BCUT2D eigenvalue weighted by Crippen LogP contribution is -1.93. The van der Waals surface area contributed by atoms with Gasteiger partial charge in [0.1, 0.15) is 0 Å². The van der Waals surface area contributed by atoms with Gasteiger partial charge in [0.15, 0.2) is 5.16 Å². The van der Waals surface area contributed by atoms with E-state index in [1.165, 1.54) is 11.8 Å². The minimum absolute atomic E-state index is 0.0717. The van der Waals surface area contributed by atoms with Crippen molar-refractivity contribution in [3.63, 3.8) is 0 Å². The summed E-state index contributed by atoms with van der Waals surface area (Å²) in [6.45, 7) is 1.85. The Kier molecular flexibility index (Phi) is 2.94. The smallest absolute Gasteiger partial charge is 0.228 e. The topological polar surface area (TPSA) is 46.0 Å². The second-order valence-corrected chi connectivity index (χ2v) is 3.79. The van der Waals surface area contributed by atoms with E-state index in [1.807, 2.05) is 35.8 Å². The number of thioether (sulfide) groups is 1. The van der Waals surface area contributed by atoms with E-state index in [1.54, 1.807) is 0 Å². The molecule has 0 bridgehead atoms. The molecule has 0 saturated heterocycles. The van der Waals surface area contributed by atoms with Crippen LogP contribution < -0.4 is 0 Å². The average molecular weight is 282 g/mol. The van der Waals surface area contributed by atoms with Crippen LogP contribution in [0.15, 0.2) is 5.16 Å². The molecule has 1 aromatic rings. The van der Waals surface area contributed by atoms with Gasteiger partial charge >= 0.3 is 0 Å². The Morgan fingerprint density at radius 1 is 1.45 bits per heavy atom.